The highest BCUT2D eigenvalue weighted by molar-refractivity contribution is 4.84. The van der Waals surface area contributed by atoms with E-state index in [0.717, 1.165) is 26.1 Å². The molecule has 0 saturated heterocycles. The van der Waals surface area contributed by atoms with Gasteiger partial charge in [0.2, 0.25) is 0 Å². The van der Waals surface area contributed by atoms with Gasteiger partial charge < -0.3 is 9.88 Å². The van der Waals surface area contributed by atoms with Gasteiger partial charge in [0.1, 0.15) is 0 Å². The first-order valence-electron chi connectivity index (χ1n) is 4.03. The molecule has 0 fully saturated rings. The summed E-state index contributed by atoms with van der Waals surface area (Å²) >= 11 is 0. The molecule has 0 atom stereocenters. The molecule has 0 radical (unpaired) electrons. The Labute approximate surface area is 72.8 Å². The smallest absolute Gasteiger partial charge is 0.0946 e. The first-order valence-corrected chi connectivity index (χ1v) is 4.03. The first-order chi connectivity index (χ1) is 5.93. The Morgan fingerprint density at radius 3 is 3.08 bits per heavy atom. The maximum Gasteiger partial charge on any atom is 0.0946 e. The van der Waals surface area contributed by atoms with Crippen molar-refractivity contribution in [2.24, 2.45) is 0 Å². The van der Waals surface area contributed by atoms with Crippen LogP contribution in [-0.2, 0) is 6.54 Å². The highest BCUT2D eigenvalue weighted by Gasteiger charge is 1.88. The molecule has 0 amide bonds. The van der Waals surface area contributed by atoms with Gasteiger partial charge in [0.05, 0.1) is 6.33 Å². The number of aromatic nitrogens is 2. The first kappa shape index (κ1) is 8.82. The van der Waals surface area contributed by atoms with E-state index >= 15 is 0 Å². The number of hydrogen-bond acceptors (Lipinski definition) is 2. The normalized spacial score (nSPS) is 9.58. The summed E-state index contributed by atoms with van der Waals surface area (Å²) in [5.41, 5.74) is 0. The molecule has 0 unspecified atom stereocenters. The summed E-state index contributed by atoms with van der Waals surface area (Å²) in [6.07, 6.45) is 11.4. The van der Waals surface area contributed by atoms with Gasteiger partial charge in [0, 0.05) is 38.4 Å². The number of rotatable bonds is 5. The minimum atomic E-state index is 0.796. The Balaban J connectivity index is 2.01. The average molecular weight is 163 g/mol. The molecule has 0 saturated carbocycles. The van der Waals surface area contributed by atoms with Gasteiger partial charge in [-0.3, -0.25) is 0 Å². The van der Waals surface area contributed by atoms with E-state index in [4.69, 9.17) is 6.42 Å². The number of nitrogens with zero attached hydrogens (tertiary/aromatic N) is 2. The fourth-order valence-electron chi connectivity index (χ4n) is 0.913. The van der Waals surface area contributed by atoms with Gasteiger partial charge in [-0.05, 0) is 0 Å². The summed E-state index contributed by atoms with van der Waals surface area (Å²) in [5, 5.41) is 3.23. The summed E-state index contributed by atoms with van der Waals surface area (Å²) in [6, 6.07) is 0. The Morgan fingerprint density at radius 1 is 1.50 bits per heavy atom. The van der Waals surface area contributed by atoms with Crippen molar-refractivity contribution in [3.05, 3.63) is 18.7 Å². The van der Waals surface area contributed by atoms with Crippen molar-refractivity contribution in [2.45, 2.75) is 13.0 Å². The number of hydrogen-bond donors (Lipinski definition) is 1. The van der Waals surface area contributed by atoms with Gasteiger partial charge in [-0.15, -0.1) is 12.3 Å². The van der Waals surface area contributed by atoms with Gasteiger partial charge in [-0.1, -0.05) is 0 Å². The van der Waals surface area contributed by atoms with Gasteiger partial charge in [0.25, 0.3) is 0 Å². The highest BCUT2D eigenvalue weighted by Crippen LogP contribution is 1.83. The monoisotopic (exact) mass is 163 g/mol. The molecular formula is C9H13N3. The third-order valence-corrected chi connectivity index (χ3v) is 1.55. The van der Waals surface area contributed by atoms with Crippen LogP contribution in [0.4, 0.5) is 0 Å². The van der Waals surface area contributed by atoms with Crippen molar-refractivity contribution in [1.29, 1.82) is 0 Å². The van der Waals surface area contributed by atoms with Crippen LogP contribution in [0, 0.1) is 12.3 Å². The molecule has 0 aliphatic heterocycles. The maximum absolute atomic E-state index is 5.10. The number of nitrogens with one attached hydrogen (secondary N) is 1. The van der Waals surface area contributed by atoms with Crippen molar-refractivity contribution in [3.63, 3.8) is 0 Å². The van der Waals surface area contributed by atoms with E-state index in [1.165, 1.54) is 0 Å². The zero-order chi connectivity index (χ0) is 8.65. The van der Waals surface area contributed by atoms with Gasteiger partial charge in [-0.25, -0.2) is 4.98 Å². The minimum absolute atomic E-state index is 0.796. The largest absolute Gasteiger partial charge is 0.336 e. The van der Waals surface area contributed by atoms with Crippen LogP contribution in [0.1, 0.15) is 6.42 Å². The van der Waals surface area contributed by atoms with Gasteiger partial charge in [0.15, 0.2) is 0 Å². The fraction of sp³-hybridized carbons (Fsp3) is 0.444. The Morgan fingerprint density at radius 2 is 2.42 bits per heavy atom. The summed E-state index contributed by atoms with van der Waals surface area (Å²) in [5.74, 6) is 2.58. The molecule has 1 rings (SSSR count). The van der Waals surface area contributed by atoms with Crippen LogP contribution in [0.25, 0.3) is 0 Å². The predicted molar refractivity (Wildman–Crippen MR) is 48.5 cm³/mol. The maximum atomic E-state index is 5.10. The molecule has 1 aromatic rings. The molecule has 1 aromatic heterocycles. The lowest BCUT2D eigenvalue weighted by atomic mass is 10.4. The molecule has 0 bridgehead atoms. The zero-order valence-electron chi connectivity index (χ0n) is 7.03. The average Bonchev–Trinajstić information content (AvgIpc) is 2.57. The molecule has 0 spiro atoms. The summed E-state index contributed by atoms with van der Waals surface area (Å²) in [7, 11) is 0. The highest BCUT2D eigenvalue weighted by atomic mass is 15.0. The van der Waals surface area contributed by atoms with E-state index in [1.807, 2.05) is 17.1 Å². The van der Waals surface area contributed by atoms with Crippen LogP contribution in [-0.4, -0.2) is 22.6 Å². The predicted octanol–water partition coefficient (Wildman–Crippen LogP) is 0.496. The van der Waals surface area contributed by atoms with Crippen LogP contribution >= 0.6 is 0 Å². The van der Waals surface area contributed by atoms with E-state index in [2.05, 4.69) is 16.2 Å². The van der Waals surface area contributed by atoms with Crippen molar-refractivity contribution in [1.82, 2.24) is 14.9 Å². The number of imidazole rings is 1. The topological polar surface area (TPSA) is 29.9 Å². The summed E-state index contributed by atoms with van der Waals surface area (Å²) in [6.45, 7) is 2.79. The molecule has 12 heavy (non-hydrogen) atoms. The van der Waals surface area contributed by atoms with E-state index in [1.54, 1.807) is 6.20 Å². The molecule has 0 aliphatic carbocycles. The Bertz CT molecular complexity index is 233. The van der Waals surface area contributed by atoms with E-state index in [0.29, 0.717) is 0 Å². The molecule has 64 valence electrons. The third-order valence-electron chi connectivity index (χ3n) is 1.55. The third kappa shape index (κ3) is 3.22. The van der Waals surface area contributed by atoms with Crippen LogP contribution in [0.3, 0.4) is 0 Å². The minimum Gasteiger partial charge on any atom is -0.336 e. The quantitative estimate of drug-likeness (QED) is 0.506. The molecule has 0 aromatic carbocycles. The molecule has 3 nitrogen and oxygen atoms in total. The van der Waals surface area contributed by atoms with Crippen LogP contribution in [0.15, 0.2) is 18.7 Å². The molecule has 1 N–H and O–H groups in total. The molecule has 0 aliphatic rings. The molecule has 3 heteroatoms. The Kier molecular flexibility index (Phi) is 3.96. The van der Waals surface area contributed by atoms with Crippen molar-refractivity contribution >= 4 is 0 Å². The number of terminal acetylenes is 1. The van der Waals surface area contributed by atoms with Crippen molar-refractivity contribution < 1.29 is 0 Å². The van der Waals surface area contributed by atoms with E-state index < -0.39 is 0 Å². The van der Waals surface area contributed by atoms with E-state index in [-0.39, 0.29) is 0 Å². The lowest BCUT2D eigenvalue weighted by Crippen LogP contribution is -2.20. The lowest BCUT2D eigenvalue weighted by Gasteiger charge is -2.02. The second-order valence-corrected chi connectivity index (χ2v) is 2.50. The SMILES string of the molecule is C#CCCNCCn1ccnc1. The second kappa shape index (κ2) is 5.39. The van der Waals surface area contributed by atoms with Crippen LogP contribution in [0.5, 0.6) is 0 Å². The van der Waals surface area contributed by atoms with Gasteiger partial charge in [-0.2, -0.15) is 0 Å². The zero-order valence-corrected chi connectivity index (χ0v) is 7.03. The van der Waals surface area contributed by atoms with Gasteiger partial charge >= 0.3 is 0 Å². The summed E-state index contributed by atoms with van der Waals surface area (Å²) < 4.78 is 2.03. The fourth-order valence-corrected chi connectivity index (χ4v) is 0.913. The van der Waals surface area contributed by atoms with Crippen LogP contribution in [0.2, 0.25) is 0 Å². The molecule has 1 heterocycles. The Hall–Kier alpha value is -1.27. The standard InChI is InChI=1S/C9H13N3/c1-2-3-4-10-5-7-12-8-6-11-9-12/h1,6,8-10H,3-5,7H2. The second-order valence-electron chi connectivity index (χ2n) is 2.50. The molecular weight excluding hydrogens is 150 g/mol. The van der Waals surface area contributed by atoms with E-state index in [9.17, 15) is 0 Å². The van der Waals surface area contributed by atoms with Crippen molar-refractivity contribution in [3.8, 4) is 12.3 Å². The summed E-state index contributed by atoms with van der Waals surface area (Å²) in [4.78, 5) is 3.94. The lowest BCUT2D eigenvalue weighted by molar-refractivity contribution is 0.603. The van der Waals surface area contributed by atoms with Crippen LogP contribution < -0.4 is 5.32 Å². The van der Waals surface area contributed by atoms with Crippen molar-refractivity contribution in [2.75, 3.05) is 13.1 Å².